The Kier molecular flexibility index (Phi) is 5.71. The molecule has 4 nitrogen and oxygen atoms in total. The van der Waals surface area contributed by atoms with Crippen molar-refractivity contribution in [1.29, 1.82) is 0 Å². The molecule has 1 aromatic carbocycles. The van der Waals surface area contributed by atoms with E-state index in [9.17, 15) is 9.59 Å². The van der Waals surface area contributed by atoms with Gasteiger partial charge in [-0.1, -0.05) is 23.9 Å². The van der Waals surface area contributed by atoms with Gasteiger partial charge in [-0.05, 0) is 24.1 Å². The summed E-state index contributed by atoms with van der Waals surface area (Å²) < 4.78 is 5.04. The van der Waals surface area contributed by atoms with E-state index in [0.717, 1.165) is 23.1 Å². The van der Waals surface area contributed by atoms with Crippen molar-refractivity contribution in [3.05, 3.63) is 29.8 Å². The first-order valence-electron chi connectivity index (χ1n) is 5.52. The van der Waals surface area contributed by atoms with E-state index in [1.807, 2.05) is 12.1 Å². The van der Waals surface area contributed by atoms with E-state index in [1.54, 1.807) is 19.2 Å². The van der Waals surface area contributed by atoms with Crippen molar-refractivity contribution in [3.63, 3.8) is 0 Å². The van der Waals surface area contributed by atoms with Crippen LogP contribution in [0.15, 0.2) is 24.3 Å². The second-order valence-corrected chi connectivity index (χ2v) is 5.09. The summed E-state index contributed by atoms with van der Waals surface area (Å²) in [6.45, 7) is 1.44. The van der Waals surface area contributed by atoms with Gasteiger partial charge in [0.05, 0.1) is 13.0 Å². The van der Waals surface area contributed by atoms with Crippen LogP contribution in [0.4, 0.5) is 0 Å². The van der Waals surface area contributed by atoms with Crippen LogP contribution in [-0.2, 0) is 16.0 Å². The molecule has 0 saturated carbocycles. The van der Waals surface area contributed by atoms with Crippen molar-refractivity contribution >= 4 is 22.8 Å². The third-order valence-corrected chi connectivity index (χ3v) is 3.45. The number of methoxy groups -OCH3 is 1. The number of hydrogen-bond donors (Lipinski definition) is 1. The minimum absolute atomic E-state index is 0.0593. The van der Waals surface area contributed by atoms with E-state index in [2.05, 4.69) is 0 Å². The second-order valence-electron chi connectivity index (χ2n) is 3.89. The fourth-order valence-electron chi connectivity index (χ4n) is 1.48. The van der Waals surface area contributed by atoms with Crippen LogP contribution in [0, 0.1) is 5.92 Å². The Morgan fingerprint density at radius 1 is 1.33 bits per heavy atom. The summed E-state index contributed by atoms with van der Waals surface area (Å²) in [6.07, 6.45) is 0.416. The number of carbonyl (C=O) groups excluding carboxylic acids is 1. The number of ether oxygens (including phenoxy) is 1. The van der Waals surface area contributed by atoms with Crippen molar-refractivity contribution in [2.75, 3.05) is 12.9 Å². The summed E-state index contributed by atoms with van der Waals surface area (Å²) in [5.74, 6) is -0.382. The molecular weight excluding hydrogens is 252 g/mol. The second kappa shape index (κ2) is 7.06. The Morgan fingerprint density at radius 2 is 1.94 bits per heavy atom. The third kappa shape index (κ3) is 4.79. The van der Waals surface area contributed by atoms with Crippen molar-refractivity contribution in [1.82, 2.24) is 0 Å². The number of carboxylic acids is 1. The van der Waals surface area contributed by atoms with Crippen LogP contribution in [0.2, 0.25) is 0 Å². The van der Waals surface area contributed by atoms with E-state index in [0.29, 0.717) is 12.2 Å². The van der Waals surface area contributed by atoms with E-state index in [4.69, 9.17) is 9.84 Å². The van der Waals surface area contributed by atoms with Gasteiger partial charge >= 0.3 is 5.97 Å². The van der Waals surface area contributed by atoms with Crippen LogP contribution < -0.4 is 4.74 Å². The normalized spacial score (nSPS) is 11.9. The molecule has 0 aliphatic carbocycles. The lowest BCUT2D eigenvalue weighted by Gasteiger charge is -2.11. The molecular formula is C13H16O4S. The molecule has 1 rings (SSSR count). The summed E-state index contributed by atoms with van der Waals surface area (Å²) in [4.78, 5) is 22.0. The van der Waals surface area contributed by atoms with Crippen molar-refractivity contribution in [2.45, 2.75) is 13.3 Å². The first kappa shape index (κ1) is 14.6. The maximum absolute atomic E-state index is 11.1. The van der Waals surface area contributed by atoms with Gasteiger partial charge in [-0.25, -0.2) is 0 Å². The molecule has 5 heteroatoms. The molecule has 1 unspecified atom stereocenters. The maximum Gasteiger partial charge on any atom is 0.307 e. The molecule has 0 aliphatic heterocycles. The van der Waals surface area contributed by atoms with Gasteiger partial charge in [-0.2, -0.15) is 0 Å². The van der Waals surface area contributed by atoms with Gasteiger partial charge in [0.25, 0.3) is 0 Å². The van der Waals surface area contributed by atoms with Crippen LogP contribution in [0.25, 0.3) is 0 Å². The van der Waals surface area contributed by atoms with Crippen LogP contribution in [0.3, 0.4) is 0 Å². The average molecular weight is 268 g/mol. The first-order chi connectivity index (χ1) is 8.52. The van der Waals surface area contributed by atoms with E-state index in [1.165, 1.54) is 6.92 Å². The minimum Gasteiger partial charge on any atom is -0.497 e. The van der Waals surface area contributed by atoms with E-state index < -0.39 is 11.9 Å². The maximum atomic E-state index is 11.1. The standard InChI is InChI=1S/C13H16O4S/c1-9(14)18-8-11(13(15)16)7-10-3-5-12(17-2)6-4-10/h3-6,11H,7-8H2,1-2H3,(H,15,16). The number of rotatable bonds is 6. The predicted octanol–water partition coefficient (Wildman–Crippen LogP) is 2.22. The Balaban J connectivity index is 2.64. The molecule has 1 atom stereocenters. The van der Waals surface area contributed by atoms with Gasteiger partial charge in [-0.15, -0.1) is 0 Å². The molecule has 1 aromatic rings. The Hall–Kier alpha value is -1.49. The number of carboxylic acid groups (broad SMARTS) is 1. The molecule has 18 heavy (non-hydrogen) atoms. The van der Waals surface area contributed by atoms with Crippen molar-refractivity contribution in [2.24, 2.45) is 5.92 Å². The van der Waals surface area contributed by atoms with Crippen LogP contribution >= 0.6 is 11.8 Å². The van der Waals surface area contributed by atoms with E-state index >= 15 is 0 Å². The largest absolute Gasteiger partial charge is 0.497 e. The molecule has 0 radical (unpaired) electrons. The topological polar surface area (TPSA) is 63.6 Å². The molecule has 0 aromatic heterocycles. The lowest BCUT2D eigenvalue weighted by Crippen LogP contribution is -2.19. The number of carbonyl (C=O) groups is 2. The lowest BCUT2D eigenvalue weighted by atomic mass is 10.0. The Labute approximate surface area is 110 Å². The summed E-state index contributed by atoms with van der Waals surface area (Å²) in [7, 11) is 1.58. The highest BCUT2D eigenvalue weighted by Gasteiger charge is 2.18. The molecule has 0 bridgehead atoms. The molecule has 0 fully saturated rings. The summed E-state index contributed by atoms with van der Waals surface area (Å²) in [6, 6.07) is 7.28. The zero-order valence-corrected chi connectivity index (χ0v) is 11.2. The number of aliphatic carboxylic acids is 1. The monoisotopic (exact) mass is 268 g/mol. The molecule has 98 valence electrons. The van der Waals surface area contributed by atoms with Gasteiger partial charge in [0.1, 0.15) is 5.75 Å². The number of benzene rings is 1. The Morgan fingerprint density at radius 3 is 2.39 bits per heavy atom. The lowest BCUT2D eigenvalue weighted by molar-refractivity contribution is -0.140. The fraction of sp³-hybridized carbons (Fsp3) is 0.385. The van der Waals surface area contributed by atoms with Gasteiger partial charge in [0.2, 0.25) is 0 Å². The molecule has 0 heterocycles. The molecule has 0 amide bonds. The van der Waals surface area contributed by atoms with Crippen molar-refractivity contribution < 1.29 is 19.4 Å². The molecule has 1 N–H and O–H groups in total. The molecule has 0 spiro atoms. The van der Waals surface area contributed by atoms with Crippen molar-refractivity contribution in [3.8, 4) is 5.75 Å². The van der Waals surface area contributed by atoms with Gasteiger partial charge in [0.15, 0.2) is 5.12 Å². The van der Waals surface area contributed by atoms with Gasteiger partial charge in [-0.3, -0.25) is 9.59 Å². The average Bonchev–Trinajstić information content (AvgIpc) is 2.34. The zero-order chi connectivity index (χ0) is 13.5. The zero-order valence-electron chi connectivity index (χ0n) is 10.4. The SMILES string of the molecule is COc1ccc(CC(CSC(C)=O)C(=O)O)cc1. The Bertz CT molecular complexity index is 414. The number of hydrogen-bond acceptors (Lipinski definition) is 4. The van der Waals surface area contributed by atoms with E-state index in [-0.39, 0.29) is 5.12 Å². The predicted molar refractivity (Wildman–Crippen MR) is 71.0 cm³/mol. The summed E-state index contributed by atoms with van der Waals surface area (Å²) in [5.41, 5.74) is 0.923. The smallest absolute Gasteiger partial charge is 0.307 e. The minimum atomic E-state index is -0.875. The number of thioether (sulfide) groups is 1. The van der Waals surface area contributed by atoms with Crippen LogP contribution in [0.5, 0.6) is 5.75 Å². The third-order valence-electron chi connectivity index (χ3n) is 2.48. The molecule has 0 saturated heterocycles. The summed E-state index contributed by atoms with van der Waals surface area (Å²) >= 11 is 1.05. The van der Waals surface area contributed by atoms with Crippen LogP contribution in [-0.4, -0.2) is 29.1 Å². The molecule has 0 aliphatic rings. The fourth-order valence-corrected chi connectivity index (χ4v) is 2.18. The summed E-state index contributed by atoms with van der Waals surface area (Å²) in [5, 5.41) is 9.04. The highest BCUT2D eigenvalue weighted by atomic mass is 32.2. The highest BCUT2D eigenvalue weighted by molar-refractivity contribution is 8.13. The first-order valence-corrected chi connectivity index (χ1v) is 6.50. The van der Waals surface area contributed by atoms with Gasteiger partial charge in [0, 0.05) is 12.7 Å². The quantitative estimate of drug-likeness (QED) is 0.857. The van der Waals surface area contributed by atoms with Gasteiger partial charge < -0.3 is 9.84 Å². The highest BCUT2D eigenvalue weighted by Crippen LogP contribution is 2.18. The van der Waals surface area contributed by atoms with Crippen LogP contribution in [0.1, 0.15) is 12.5 Å².